The highest BCUT2D eigenvalue weighted by Crippen LogP contribution is 2.34. The Morgan fingerprint density at radius 2 is 1.91 bits per heavy atom. The van der Waals surface area contributed by atoms with E-state index in [0.717, 1.165) is 36.1 Å². The highest BCUT2D eigenvalue weighted by Gasteiger charge is 2.39. The van der Waals surface area contributed by atoms with Crippen molar-refractivity contribution >= 4 is 28.6 Å². The largest absolute Gasteiger partial charge is 0.322 e. The minimum Gasteiger partial charge on any atom is -0.322 e. The molecule has 4 heterocycles. The molecule has 0 spiro atoms. The van der Waals surface area contributed by atoms with Gasteiger partial charge in [0.1, 0.15) is 11.9 Å². The zero-order chi connectivity index (χ0) is 23.4. The van der Waals surface area contributed by atoms with Crippen LogP contribution in [0.2, 0.25) is 0 Å². The molecule has 172 valence electrons. The molecular formula is C26H23FN4O3. The Morgan fingerprint density at radius 3 is 2.74 bits per heavy atom. The molecule has 3 aliphatic rings. The zero-order valence-electron chi connectivity index (χ0n) is 18.5. The number of rotatable bonds is 4. The van der Waals surface area contributed by atoms with Crippen molar-refractivity contribution in [2.24, 2.45) is 0 Å². The number of likely N-dealkylation sites (tertiary alicyclic amines) is 1. The lowest BCUT2D eigenvalue weighted by Gasteiger charge is -2.40. The van der Waals surface area contributed by atoms with Gasteiger partial charge in [0.05, 0.1) is 5.52 Å². The van der Waals surface area contributed by atoms with E-state index < -0.39 is 11.9 Å². The monoisotopic (exact) mass is 458 g/mol. The van der Waals surface area contributed by atoms with Gasteiger partial charge in [-0.25, -0.2) is 4.39 Å². The summed E-state index contributed by atoms with van der Waals surface area (Å²) in [6, 6.07) is 12.1. The Bertz CT molecular complexity index is 1350. The van der Waals surface area contributed by atoms with E-state index in [2.05, 4.69) is 21.3 Å². The summed E-state index contributed by atoms with van der Waals surface area (Å²) in [4.78, 5) is 44.8. The summed E-state index contributed by atoms with van der Waals surface area (Å²) in [6.45, 7) is 2.95. The van der Waals surface area contributed by atoms with Crippen molar-refractivity contribution in [1.82, 2.24) is 20.1 Å². The van der Waals surface area contributed by atoms with Gasteiger partial charge in [-0.2, -0.15) is 0 Å². The van der Waals surface area contributed by atoms with Crippen molar-refractivity contribution in [3.8, 4) is 0 Å². The van der Waals surface area contributed by atoms with Crippen LogP contribution in [-0.4, -0.2) is 51.6 Å². The van der Waals surface area contributed by atoms with Crippen LogP contribution in [-0.2, 0) is 22.7 Å². The molecule has 2 saturated heterocycles. The van der Waals surface area contributed by atoms with E-state index in [1.54, 1.807) is 17.2 Å². The number of amides is 3. The van der Waals surface area contributed by atoms with E-state index >= 15 is 0 Å². The third-order valence-corrected chi connectivity index (χ3v) is 7.13. The predicted octanol–water partition coefficient (Wildman–Crippen LogP) is 2.73. The molecule has 1 unspecified atom stereocenters. The molecule has 0 saturated carbocycles. The number of nitrogens with one attached hydrogen (secondary N) is 1. The van der Waals surface area contributed by atoms with Gasteiger partial charge in [-0.05, 0) is 47.4 Å². The first-order valence-electron chi connectivity index (χ1n) is 11.5. The van der Waals surface area contributed by atoms with Crippen LogP contribution in [0, 0.1) is 5.82 Å². The second kappa shape index (κ2) is 7.99. The molecule has 8 heteroatoms. The van der Waals surface area contributed by atoms with Gasteiger partial charge in [0.15, 0.2) is 0 Å². The Hall–Kier alpha value is -3.65. The third-order valence-electron chi connectivity index (χ3n) is 7.13. The van der Waals surface area contributed by atoms with Crippen molar-refractivity contribution in [2.75, 3.05) is 13.1 Å². The second-order valence-electron chi connectivity index (χ2n) is 9.34. The highest BCUT2D eigenvalue weighted by molar-refractivity contribution is 6.05. The lowest BCUT2D eigenvalue weighted by molar-refractivity contribution is -0.136. The Morgan fingerprint density at radius 1 is 1.06 bits per heavy atom. The van der Waals surface area contributed by atoms with Crippen LogP contribution in [0.5, 0.6) is 0 Å². The number of carbonyl (C=O) groups excluding carboxylic acids is 3. The van der Waals surface area contributed by atoms with Crippen LogP contribution in [0.15, 0.2) is 48.7 Å². The first-order chi connectivity index (χ1) is 16.5. The number of hydrogen-bond donors (Lipinski definition) is 1. The number of carbonyl (C=O) groups is 3. The van der Waals surface area contributed by atoms with Crippen LogP contribution in [0.25, 0.3) is 10.9 Å². The van der Waals surface area contributed by atoms with Crippen LogP contribution in [0.1, 0.15) is 45.8 Å². The Kier molecular flexibility index (Phi) is 4.91. The number of pyridine rings is 1. The minimum absolute atomic E-state index is 0.152. The number of aromatic nitrogens is 1. The summed E-state index contributed by atoms with van der Waals surface area (Å²) >= 11 is 0. The standard InChI is InChI=1S/C26H23FN4O3/c27-18-2-4-21-19(7-8-28-22(21)10-18)17-12-30(13-17)11-15-1-3-20-16(9-15)14-31(26(20)34)23-5-6-24(32)29-25(23)33/h1-4,7-10,17,23H,5-6,11-14H2,(H,29,32,33). The quantitative estimate of drug-likeness (QED) is 0.608. The van der Waals surface area contributed by atoms with E-state index in [0.29, 0.717) is 30.0 Å². The van der Waals surface area contributed by atoms with Crippen LogP contribution in [0.3, 0.4) is 0 Å². The molecule has 0 aliphatic carbocycles. The molecule has 2 aromatic carbocycles. The predicted molar refractivity (Wildman–Crippen MR) is 122 cm³/mol. The minimum atomic E-state index is -0.596. The number of hydrogen-bond acceptors (Lipinski definition) is 5. The molecule has 3 amide bonds. The van der Waals surface area contributed by atoms with Crippen molar-refractivity contribution < 1.29 is 18.8 Å². The van der Waals surface area contributed by atoms with E-state index in [4.69, 9.17) is 0 Å². The van der Waals surface area contributed by atoms with Crippen LogP contribution >= 0.6 is 0 Å². The topological polar surface area (TPSA) is 82.6 Å². The Balaban J connectivity index is 1.13. The molecule has 2 fully saturated rings. The molecule has 0 radical (unpaired) electrons. The van der Waals surface area contributed by atoms with Gasteiger partial charge in [-0.3, -0.25) is 29.6 Å². The van der Waals surface area contributed by atoms with Gasteiger partial charge in [-0.1, -0.05) is 12.1 Å². The van der Waals surface area contributed by atoms with E-state index in [-0.39, 0.29) is 24.1 Å². The number of nitrogens with zero attached hydrogens (tertiary/aromatic N) is 3. The molecule has 1 aromatic heterocycles. The van der Waals surface area contributed by atoms with Gasteiger partial charge in [0.25, 0.3) is 5.91 Å². The molecule has 6 rings (SSSR count). The summed E-state index contributed by atoms with van der Waals surface area (Å²) in [5.74, 6) is -0.738. The fraction of sp³-hybridized carbons (Fsp3) is 0.308. The molecule has 7 nitrogen and oxygen atoms in total. The van der Waals surface area contributed by atoms with Crippen LogP contribution in [0.4, 0.5) is 4.39 Å². The summed E-state index contributed by atoms with van der Waals surface area (Å²) < 4.78 is 13.5. The number of piperidine rings is 1. The average molecular weight is 458 g/mol. The number of imide groups is 1. The third kappa shape index (κ3) is 3.54. The first kappa shape index (κ1) is 20.9. The molecule has 34 heavy (non-hydrogen) atoms. The molecular weight excluding hydrogens is 435 g/mol. The molecule has 1 N–H and O–H groups in total. The maximum atomic E-state index is 13.5. The SMILES string of the molecule is O=C1CCC(N2Cc3cc(CN4CC(c5ccnc6cc(F)ccc56)C4)ccc3C2=O)C(=O)N1. The normalized spacial score (nSPS) is 21.0. The van der Waals surface area contributed by atoms with Gasteiger partial charge in [0, 0.05) is 61.7 Å². The first-order valence-corrected chi connectivity index (χ1v) is 11.5. The van der Waals surface area contributed by atoms with Gasteiger partial charge in [-0.15, -0.1) is 0 Å². The average Bonchev–Trinajstić information content (AvgIpc) is 3.11. The fourth-order valence-electron chi connectivity index (χ4n) is 5.38. The van der Waals surface area contributed by atoms with Gasteiger partial charge < -0.3 is 4.90 Å². The smallest absolute Gasteiger partial charge is 0.255 e. The van der Waals surface area contributed by atoms with Crippen molar-refractivity contribution in [2.45, 2.75) is 37.9 Å². The van der Waals surface area contributed by atoms with Crippen LogP contribution < -0.4 is 5.32 Å². The van der Waals surface area contributed by atoms with E-state index in [1.807, 2.05) is 18.2 Å². The lowest BCUT2D eigenvalue weighted by atomic mass is 9.88. The van der Waals surface area contributed by atoms with Crippen molar-refractivity contribution in [3.05, 3.63) is 76.7 Å². The molecule has 3 aromatic rings. The maximum absolute atomic E-state index is 13.5. The summed E-state index contributed by atoms with van der Waals surface area (Å²) in [6.07, 6.45) is 2.36. The maximum Gasteiger partial charge on any atom is 0.255 e. The summed E-state index contributed by atoms with van der Waals surface area (Å²) in [5, 5.41) is 3.34. The fourth-order valence-corrected chi connectivity index (χ4v) is 5.38. The number of fused-ring (bicyclic) bond motifs is 2. The number of benzene rings is 2. The van der Waals surface area contributed by atoms with E-state index in [1.165, 1.54) is 17.7 Å². The molecule has 1 atom stereocenters. The van der Waals surface area contributed by atoms with Crippen molar-refractivity contribution in [1.29, 1.82) is 0 Å². The lowest BCUT2D eigenvalue weighted by Crippen LogP contribution is -2.52. The molecule has 3 aliphatic heterocycles. The Labute approximate surface area is 195 Å². The van der Waals surface area contributed by atoms with Crippen molar-refractivity contribution in [3.63, 3.8) is 0 Å². The summed E-state index contributed by atoms with van der Waals surface area (Å²) in [5.41, 5.74) is 4.55. The van der Waals surface area contributed by atoms with E-state index in [9.17, 15) is 18.8 Å². The molecule has 0 bridgehead atoms. The van der Waals surface area contributed by atoms with Gasteiger partial charge in [0.2, 0.25) is 11.8 Å². The highest BCUT2D eigenvalue weighted by atomic mass is 19.1. The number of halogens is 1. The second-order valence-corrected chi connectivity index (χ2v) is 9.34. The summed E-state index contributed by atoms with van der Waals surface area (Å²) in [7, 11) is 0. The van der Waals surface area contributed by atoms with Gasteiger partial charge >= 0.3 is 0 Å². The zero-order valence-corrected chi connectivity index (χ0v) is 18.5.